The second kappa shape index (κ2) is 6.51. The normalized spacial score (nSPS) is 27.5. The minimum absolute atomic E-state index is 0.0829. The molecule has 2 rings (SSSR count). The van der Waals surface area contributed by atoms with Crippen LogP contribution >= 0.6 is 0 Å². The van der Waals surface area contributed by atoms with Crippen molar-refractivity contribution in [2.24, 2.45) is 5.41 Å². The van der Waals surface area contributed by atoms with Gasteiger partial charge in [0.15, 0.2) is 0 Å². The molecule has 1 heterocycles. The van der Waals surface area contributed by atoms with E-state index in [9.17, 15) is 28.3 Å². The van der Waals surface area contributed by atoms with Crippen molar-refractivity contribution in [3.05, 3.63) is 12.7 Å². The van der Waals surface area contributed by atoms with E-state index in [2.05, 4.69) is 11.9 Å². The van der Waals surface area contributed by atoms with Crippen LogP contribution in [0.25, 0.3) is 0 Å². The number of ether oxygens (including phenoxy) is 1. The first-order valence-corrected chi connectivity index (χ1v) is 8.34. The summed E-state index contributed by atoms with van der Waals surface area (Å²) in [5.41, 5.74) is -1.50. The zero-order chi connectivity index (χ0) is 19.9. The smallest absolute Gasteiger partial charge is 0.411 e. The van der Waals surface area contributed by atoms with Crippen LogP contribution < -0.4 is 5.32 Å². The fourth-order valence-corrected chi connectivity index (χ4v) is 3.34. The monoisotopic (exact) mass is 374 g/mol. The molecule has 146 valence electrons. The van der Waals surface area contributed by atoms with Crippen molar-refractivity contribution in [2.75, 3.05) is 6.54 Å². The third-order valence-corrected chi connectivity index (χ3v) is 4.64. The molecule has 0 radical (unpaired) electrons. The number of hydrogen-bond donors (Lipinski definition) is 2. The van der Waals surface area contributed by atoms with E-state index in [1.54, 1.807) is 20.8 Å². The van der Waals surface area contributed by atoms with Crippen LogP contribution in [0.3, 0.4) is 0 Å². The lowest BCUT2D eigenvalue weighted by atomic mass is 9.99. The summed E-state index contributed by atoms with van der Waals surface area (Å²) in [5, 5.41) is 11.6. The van der Waals surface area contributed by atoms with Gasteiger partial charge in [0.1, 0.15) is 11.6 Å². The van der Waals surface area contributed by atoms with Crippen LogP contribution in [0, 0.1) is 5.41 Å². The lowest BCUT2D eigenvalue weighted by molar-refractivity contribution is -0.145. The van der Waals surface area contributed by atoms with E-state index >= 15 is 0 Å². The van der Waals surface area contributed by atoms with Gasteiger partial charge in [0.05, 0.1) is 0 Å². The molecule has 0 unspecified atom stereocenters. The maximum Gasteiger partial charge on any atom is 0.411 e. The number of amides is 2. The lowest BCUT2D eigenvalue weighted by Crippen LogP contribution is -2.45. The number of fused-ring (bicyclic) bond motifs is 1. The van der Waals surface area contributed by atoms with Gasteiger partial charge in [-0.05, 0) is 33.6 Å². The highest BCUT2D eigenvalue weighted by atomic mass is 19.3. The summed E-state index contributed by atoms with van der Waals surface area (Å²) in [4.78, 5) is 36.7. The quantitative estimate of drug-likeness (QED) is 0.695. The molecule has 1 saturated heterocycles. The zero-order valence-electron chi connectivity index (χ0n) is 15.1. The molecule has 3 atom stereocenters. The van der Waals surface area contributed by atoms with Gasteiger partial charge in [-0.3, -0.25) is 9.69 Å². The summed E-state index contributed by atoms with van der Waals surface area (Å²) in [5.74, 6) is -6.19. The minimum atomic E-state index is -3.57. The van der Waals surface area contributed by atoms with E-state index in [0.29, 0.717) is 6.42 Å². The molecule has 2 aliphatic rings. The highest BCUT2D eigenvalue weighted by Crippen LogP contribution is 2.59. The average Bonchev–Trinajstić information content (AvgIpc) is 3.07. The molecule has 2 amide bonds. The number of hydrogen-bond acceptors (Lipinski definition) is 4. The van der Waals surface area contributed by atoms with Gasteiger partial charge in [-0.2, -0.15) is 8.78 Å². The molecule has 9 heteroatoms. The summed E-state index contributed by atoms with van der Waals surface area (Å²) >= 11 is 0. The molecule has 0 aromatic heterocycles. The van der Waals surface area contributed by atoms with Crippen LogP contribution in [0.5, 0.6) is 0 Å². The number of carboxylic acid groups (broad SMARTS) is 1. The molecule has 0 aromatic rings. The van der Waals surface area contributed by atoms with Gasteiger partial charge in [0.25, 0.3) is 5.91 Å². The van der Waals surface area contributed by atoms with Crippen molar-refractivity contribution in [1.29, 1.82) is 0 Å². The molecule has 2 fully saturated rings. The summed E-state index contributed by atoms with van der Waals surface area (Å²) in [6, 6.07) is -1.55. The fourth-order valence-electron chi connectivity index (χ4n) is 3.34. The van der Waals surface area contributed by atoms with E-state index in [1.165, 1.54) is 0 Å². The van der Waals surface area contributed by atoms with Crippen molar-refractivity contribution in [1.82, 2.24) is 10.2 Å². The van der Waals surface area contributed by atoms with Gasteiger partial charge in [-0.15, -0.1) is 6.58 Å². The SMILES string of the molecule is C=CCC(F)(F)C(=O)NC[C@@]12C[C@@H](C(=O)O)N(C(=O)OC(C)(C)C)[C@@H]1C2. The number of likely N-dealkylation sites (tertiary alicyclic amines) is 1. The number of alkyl halides is 2. The number of piperidine rings is 1. The largest absolute Gasteiger partial charge is 0.480 e. The number of halogens is 2. The maximum absolute atomic E-state index is 13.6. The topological polar surface area (TPSA) is 95.9 Å². The molecule has 0 spiro atoms. The summed E-state index contributed by atoms with van der Waals surface area (Å²) < 4.78 is 32.4. The Labute approximate surface area is 150 Å². The molecule has 0 bridgehead atoms. The Morgan fingerprint density at radius 2 is 1.96 bits per heavy atom. The van der Waals surface area contributed by atoms with Gasteiger partial charge >= 0.3 is 18.0 Å². The van der Waals surface area contributed by atoms with Crippen LogP contribution in [0.1, 0.15) is 40.0 Å². The molecular weight excluding hydrogens is 350 g/mol. The Hall–Kier alpha value is -2.19. The van der Waals surface area contributed by atoms with Gasteiger partial charge in [0, 0.05) is 24.4 Å². The Bertz CT molecular complexity index is 631. The second-order valence-electron chi connectivity index (χ2n) is 7.91. The molecule has 7 nitrogen and oxygen atoms in total. The predicted molar refractivity (Wildman–Crippen MR) is 87.7 cm³/mol. The van der Waals surface area contributed by atoms with E-state index in [-0.39, 0.29) is 13.0 Å². The van der Waals surface area contributed by atoms with Gasteiger partial charge in [-0.25, -0.2) is 9.59 Å². The Balaban J connectivity index is 2.06. The molecule has 2 N–H and O–H groups in total. The highest BCUT2D eigenvalue weighted by molar-refractivity contribution is 5.84. The Morgan fingerprint density at radius 1 is 1.35 bits per heavy atom. The standard InChI is InChI=1S/C17H24F2N2O5/c1-5-6-17(18,19)13(24)20-9-16-7-10(12(22)23)21(11(16)8-16)14(25)26-15(2,3)4/h5,10-11H,1,6-9H2,2-4H3,(H,20,24)(H,22,23)/t10-,11+,16-/m0/s1. The first kappa shape index (κ1) is 20.1. The number of nitrogens with zero attached hydrogens (tertiary/aromatic N) is 1. The van der Waals surface area contributed by atoms with Crippen molar-refractivity contribution >= 4 is 18.0 Å². The number of aliphatic carboxylic acids is 1. The lowest BCUT2D eigenvalue weighted by Gasteiger charge is -2.28. The average molecular weight is 374 g/mol. The fraction of sp³-hybridized carbons (Fsp3) is 0.706. The predicted octanol–water partition coefficient (Wildman–Crippen LogP) is 2.17. The number of carboxylic acids is 1. The summed E-state index contributed by atoms with van der Waals surface area (Å²) in [7, 11) is 0. The van der Waals surface area contributed by atoms with Crippen molar-refractivity contribution in [2.45, 2.75) is 63.6 Å². The van der Waals surface area contributed by atoms with Crippen molar-refractivity contribution in [3.8, 4) is 0 Å². The van der Waals surface area contributed by atoms with Crippen LogP contribution in [0.15, 0.2) is 12.7 Å². The third-order valence-electron chi connectivity index (χ3n) is 4.64. The van der Waals surface area contributed by atoms with Crippen LogP contribution in [-0.2, 0) is 14.3 Å². The molecule has 1 saturated carbocycles. The molecule has 1 aliphatic carbocycles. The van der Waals surface area contributed by atoms with Crippen LogP contribution in [0.4, 0.5) is 13.6 Å². The Morgan fingerprint density at radius 3 is 2.46 bits per heavy atom. The second-order valence-corrected chi connectivity index (χ2v) is 7.91. The molecular formula is C17H24F2N2O5. The summed E-state index contributed by atoms with van der Waals surface area (Å²) in [6.07, 6.45) is -0.0598. The molecule has 26 heavy (non-hydrogen) atoms. The van der Waals surface area contributed by atoms with Gasteiger partial charge < -0.3 is 15.2 Å². The highest BCUT2D eigenvalue weighted by Gasteiger charge is 2.68. The van der Waals surface area contributed by atoms with Gasteiger partial charge in [-0.1, -0.05) is 6.08 Å². The first-order chi connectivity index (χ1) is 11.8. The zero-order valence-corrected chi connectivity index (χ0v) is 15.1. The molecule has 1 aliphatic heterocycles. The van der Waals surface area contributed by atoms with Crippen LogP contribution in [-0.4, -0.2) is 58.1 Å². The number of allylic oxidation sites excluding steroid dienone is 1. The van der Waals surface area contributed by atoms with Crippen molar-refractivity contribution < 1.29 is 33.0 Å². The Kier molecular flexibility index (Phi) is 5.04. The summed E-state index contributed by atoms with van der Waals surface area (Å²) in [6.45, 7) is 8.07. The number of carbonyl (C=O) groups excluding carboxylic acids is 2. The van der Waals surface area contributed by atoms with E-state index < -0.39 is 53.4 Å². The molecule has 0 aromatic carbocycles. The van der Waals surface area contributed by atoms with E-state index in [1.807, 2.05) is 0 Å². The first-order valence-electron chi connectivity index (χ1n) is 8.34. The third kappa shape index (κ3) is 3.96. The van der Waals surface area contributed by atoms with E-state index in [4.69, 9.17) is 4.74 Å². The van der Waals surface area contributed by atoms with E-state index in [0.717, 1.165) is 11.0 Å². The van der Waals surface area contributed by atoms with Gasteiger partial charge in [0.2, 0.25) is 0 Å². The number of carbonyl (C=O) groups is 3. The minimum Gasteiger partial charge on any atom is -0.480 e. The number of rotatable bonds is 6. The van der Waals surface area contributed by atoms with Crippen LogP contribution in [0.2, 0.25) is 0 Å². The maximum atomic E-state index is 13.6. The number of nitrogens with one attached hydrogen (secondary N) is 1. The van der Waals surface area contributed by atoms with Crippen molar-refractivity contribution in [3.63, 3.8) is 0 Å².